The van der Waals surface area contributed by atoms with Gasteiger partial charge in [0.15, 0.2) is 0 Å². The van der Waals surface area contributed by atoms with Crippen molar-refractivity contribution in [3.05, 3.63) is 71.9 Å². The first-order valence-electron chi connectivity index (χ1n) is 6.78. The van der Waals surface area contributed by atoms with Crippen molar-refractivity contribution in [3.63, 3.8) is 0 Å². The van der Waals surface area contributed by atoms with E-state index in [1.165, 1.54) is 5.69 Å². The molecule has 20 heavy (non-hydrogen) atoms. The second kappa shape index (κ2) is 4.93. The van der Waals surface area contributed by atoms with Crippen molar-refractivity contribution in [3.8, 4) is 0 Å². The van der Waals surface area contributed by atoms with Gasteiger partial charge in [-0.1, -0.05) is 19.6 Å². The Morgan fingerprint density at radius 3 is 2.85 bits per heavy atom. The van der Waals surface area contributed by atoms with Gasteiger partial charge >= 0.3 is 0 Å². The standard InChI is InChI=1S/C17H17N3/c1-4-15-10-19-17-8-7-14(11-20(15)17)12(2)16-6-5-9-18-13(16)3/h5-11H,2,4H2,1,3H3. The summed E-state index contributed by atoms with van der Waals surface area (Å²) in [6.07, 6.45) is 6.80. The average molecular weight is 263 g/mol. The molecule has 0 N–H and O–H groups in total. The van der Waals surface area contributed by atoms with Crippen LogP contribution in [0.15, 0.2) is 49.4 Å². The van der Waals surface area contributed by atoms with Crippen molar-refractivity contribution in [2.75, 3.05) is 0 Å². The molecule has 0 bridgehead atoms. The number of aryl methyl sites for hydroxylation is 2. The highest BCUT2D eigenvalue weighted by Crippen LogP contribution is 2.24. The topological polar surface area (TPSA) is 30.2 Å². The molecule has 3 nitrogen and oxygen atoms in total. The summed E-state index contributed by atoms with van der Waals surface area (Å²) in [5.41, 5.74) is 6.36. The lowest BCUT2D eigenvalue weighted by Crippen LogP contribution is -1.96. The number of pyridine rings is 2. The van der Waals surface area contributed by atoms with Gasteiger partial charge in [-0.2, -0.15) is 0 Å². The molecule has 0 spiro atoms. The number of fused-ring (bicyclic) bond motifs is 1. The van der Waals surface area contributed by atoms with Gasteiger partial charge in [0, 0.05) is 35.5 Å². The molecule has 3 heteroatoms. The van der Waals surface area contributed by atoms with Crippen LogP contribution in [0, 0.1) is 6.92 Å². The predicted octanol–water partition coefficient (Wildman–Crippen LogP) is 3.66. The molecule has 0 amide bonds. The molecule has 0 aliphatic rings. The molecule has 0 radical (unpaired) electrons. The molecule has 0 unspecified atom stereocenters. The maximum absolute atomic E-state index is 4.40. The van der Waals surface area contributed by atoms with Gasteiger partial charge in [-0.3, -0.25) is 4.98 Å². The van der Waals surface area contributed by atoms with Crippen molar-refractivity contribution in [1.82, 2.24) is 14.4 Å². The molecule has 3 aromatic rings. The third kappa shape index (κ3) is 2.01. The summed E-state index contributed by atoms with van der Waals surface area (Å²) in [4.78, 5) is 8.73. The Labute approximate surface area is 118 Å². The van der Waals surface area contributed by atoms with Crippen LogP contribution >= 0.6 is 0 Å². The fourth-order valence-corrected chi connectivity index (χ4v) is 2.43. The summed E-state index contributed by atoms with van der Waals surface area (Å²) >= 11 is 0. The van der Waals surface area contributed by atoms with E-state index in [1.54, 1.807) is 6.20 Å². The third-order valence-corrected chi connectivity index (χ3v) is 3.62. The average Bonchev–Trinajstić information content (AvgIpc) is 2.89. The lowest BCUT2D eigenvalue weighted by Gasteiger charge is -2.10. The van der Waals surface area contributed by atoms with Gasteiger partial charge in [-0.15, -0.1) is 0 Å². The Bertz CT molecular complexity index is 784. The molecule has 3 heterocycles. The fraction of sp³-hybridized carbons (Fsp3) is 0.176. The van der Waals surface area contributed by atoms with Crippen LogP contribution in [-0.4, -0.2) is 14.4 Å². The minimum absolute atomic E-state index is 0.961. The van der Waals surface area contributed by atoms with E-state index in [-0.39, 0.29) is 0 Å². The van der Waals surface area contributed by atoms with Crippen molar-refractivity contribution in [2.45, 2.75) is 20.3 Å². The summed E-state index contributed by atoms with van der Waals surface area (Å²) in [7, 11) is 0. The van der Waals surface area contributed by atoms with E-state index in [2.05, 4.69) is 46.2 Å². The zero-order valence-electron chi connectivity index (χ0n) is 11.8. The highest BCUT2D eigenvalue weighted by molar-refractivity contribution is 5.79. The van der Waals surface area contributed by atoms with Crippen molar-refractivity contribution < 1.29 is 0 Å². The molecular formula is C17H17N3. The highest BCUT2D eigenvalue weighted by Gasteiger charge is 2.08. The lowest BCUT2D eigenvalue weighted by molar-refractivity contribution is 0.993. The largest absolute Gasteiger partial charge is 0.303 e. The minimum atomic E-state index is 0.961. The van der Waals surface area contributed by atoms with E-state index in [9.17, 15) is 0 Å². The predicted molar refractivity (Wildman–Crippen MR) is 81.7 cm³/mol. The Hall–Kier alpha value is -2.42. The smallest absolute Gasteiger partial charge is 0.136 e. The van der Waals surface area contributed by atoms with Gasteiger partial charge in [0.05, 0.1) is 0 Å². The SMILES string of the molecule is C=C(c1ccc2ncc(CC)n2c1)c1cccnc1C. The maximum atomic E-state index is 4.40. The van der Waals surface area contributed by atoms with Crippen LogP contribution in [-0.2, 0) is 6.42 Å². The molecule has 0 aromatic carbocycles. The van der Waals surface area contributed by atoms with Gasteiger partial charge < -0.3 is 4.40 Å². The van der Waals surface area contributed by atoms with Gasteiger partial charge in [0.2, 0.25) is 0 Å². The van der Waals surface area contributed by atoms with E-state index in [0.29, 0.717) is 0 Å². The zero-order chi connectivity index (χ0) is 14.1. The molecule has 0 aliphatic heterocycles. The molecule has 3 rings (SSSR count). The van der Waals surface area contributed by atoms with Crippen molar-refractivity contribution in [1.29, 1.82) is 0 Å². The van der Waals surface area contributed by atoms with Crippen LogP contribution in [0.25, 0.3) is 11.2 Å². The van der Waals surface area contributed by atoms with Crippen LogP contribution < -0.4 is 0 Å². The number of aromatic nitrogens is 3. The number of imidazole rings is 1. The zero-order valence-corrected chi connectivity index (χ0v) is 11.8. The van der Waals surface area contributed by atoms with Gasteiger partial charge in [-0.05, 0) is 42.7 Å². The van der Waals surface area contributed by atoms with Crippen LogP contribution in [0.1, 0.15) is 29.4 Å². The summed E-state index contributed by atoms with van der Waals surface area (Å²) < 4.78 is 2.13. The summed E-state index contributed by atoms with van der Waals surface area (Å²) in [5.74, 6) is 0. The van der Waals surface area contributed by atoms with Gasteiger partial charge in [-0.25, -0.2) is 4.98 Å². The minimum Gasteiger partial charge on any atom is -0.303 e. The van der Waals surface area contributed by atoms with Crippen LogP contribution in [0.4, 0.5) is 0 Å². The van der Waals surface area contributed by atoms with E-state index >= 15 is 0 Å². The molecule has 0 saturated heterocycles. The van der Waals surface area contributed by atoms with Crippen molar-refractivity contribution >= 4 is 11.2 Å². The highest BCUT2D eigenvalue weighted by atomic mass is 15.0. The molecule has 100 valence electrons. The fourth-order valence-electron chi connectivity index (χ4n) is 2.43. The molecule has 0 saturated carbocycles. The molecule has 0 atom stereocenters. The number of rotatable bonds is 3. The maximum Gasteiger partial charge on any atom is 0.136 e. The molecular weight excluding hydrogens is 246 g/mol. The van der Waals surface area contributed by atoms with Crippen LogP contribution in [0.3, 0.4) is 0 Å². The summed E-state index contributed by atoms with van der Waals surface area (Å²) in [6.45, 7) is 8.37. The third-order valence-electron chi connectivity index (χ3n) is 3.62. The van der Waals surface area contributed by atoms with Gasteiger partial charge in [0.25, 0.3) is 0 Å². The normalized spacial score (nSPS) is 10.9. The Kier molecular flexibility index (Phi) is 3.11. The summed E-state index contributed by atoms with van der Waals surface area (Å²) in [6, 6.07) is 8.10. The molecule has 3 aromatic heterocycles. The number of hydrogen-bond donors (Lipinski definition) is 0. The molecule has 0 fully saturated rings. The first kappa shape index (κ1) is 12.6. The number of hydrogen-bond acceptors (Lipinski definition) is 2. The number of nitrogens with zero attached hydrogens (tertiary/aromatic N) is 3. The Balaban J connectivity index is 2.10. The lowest BCUT2D eigenvalue weighted by atomic mass is 10.00. The van der Waals surface area contributed by atoms with Gasteiger partial charge in [0.1, 0.15) is 5.65 Å². The monoisotopic (exact) mass is 263 g/mol. The second-order valence-electron chi connectivity index (χ2n) is 4.86. The van der Waals surface area contributed by atoms with Crippen LogP contribution in [0.2, 0.25) is 0 Å². The summed E-state index contributed by atoms with van der Waals surface area (Å²) in [5, 5.41) is 0. The van der Waals surface area contributed by atoms with Crippen molar-refractivity contribution in [2.24, 2.45) is 0 Å². The van der Waals surface area contributed by atoms with E-state index < -0.39 is 0 Å². The quantitative estimate of drug-likeness (QED) is 0.722. The first-order chi connectivity index (χ1) is 9.70. The first-order valence-corrected chi connectivity index (χ1v) is 6.78. The molecule has 0 aliphatic carbocycles. The second-order valence-corrected chi connectivity index (χ2v) is 4.86. The van der Waals surface area contributed by atoms with Crippen LogP contribution in [0.5, 0.6) is 0 Å². The Morgan fingerprint density at radius 1 is 1.25 bits per heavy atom. The Morgan fingerprint density at radius 2 is 2.10 bits per heavy atom. The van der Waals surface area contributed by atoms with E-state index in [1.807, 2.05) is 25.3 Å². The van der Waals surface area contributed by atoms with E-state index in [0.717, 1.165) is 34.5 Å². The van der Waals surface area contributed by atoms with E-state index in [4.69, 9.17) is 0 Å².